The average Bonchev–Trinajstić information content (AvgIpc) is 2.82. The molecule has 0 bridgehead atoms. The number of pyridine rings is 1. The van der Waals surface area contributed by atoms with Crippen molar-refractivity contribution in [3.8, 4) is 5.88 Å². The second-order valence-electron chi connectivity index (χ2n) is 4.08. The van der Waals surface area contributed by atoms with Crippen molar-refractivity contribution in [2.45, 2.75) is 11.8 Å². The number of nitrogens with one attached hydrogen (secondary N) is 1. The van der Waals surface area contributed by atoms with Gasteiger partial charge in [0.05, 0.1) is 19.0 Å². The van der Waals surface area contributed by atoms with Gasteiger partial charge in [-0.1, -0.05) is 0 Å². The van der Waals surface area contributed by atoms with Crippen molar-refractivity contribution in [3.05, 3.63) is 34.2 Å². The van der Waals surface area contributed by atoms with Gasteiger partial charge in [0, 0.05) is 6.07 Å². The quantitative estimate of drug-likeness (QED) is 0.869. The van der Waals surface area contributed by atoms with E-state index < -0.39 is 16.0 Å². The predicted octanol–water partition coefficient (Wildman–Crippen LogP) is 1.96. The van der Waals surface area contributed by atoms with Gasteiger partial charge in [0.1, 0.15) is 9.77 Å². The minimum Gasteiger partial charge on any atom is -0.481 e. The number of rotatable bonds is 5. The van der Waals surface area contributed by atoms with Crippen LogP contribution in [0.2, 0.25) is 0 Å². The number of carbonyl (C=O) groups is 1. The lowest BCUT2D eigenvalue weighted by Gasteiger charge is -2.09. The van der Waals surface area contributed by atoms with Gasteiger partial charge in [-0.3, -0.25) is 4.72 Å². The second-order valence-corrected chi connectivity index (χ2v) is 6.58. The molecule has 0 unspecified atom stereocenters. The number of anilines is 1. The summed E-state index contributed by atoms with van der Waals surface area (Å²) in [5.41, 5.74) is 0.601. The third kappa shape index (κ3) is 3.14. The number of methoxy groups -OCH3 is 1. The molecular weight excluding hydrogens is 316 g/mol. The van der Waals surface area contributed by atoms with Crippen LogP contribution in [0.15, 0.2) is 28.6 Å². The average molecular weight is 328 g/mol. The Balaban J connectivity index is 2.38. The lowest BCUT2D eigenvalue weighted by molar-refractivity contribution is 0.0698. The van der Waals surface area contributed by atoms with Crippen LogP contribution in [0, 0.1) is 6.92 Å². The van der Waals surface area contributed by atoms with E-state index in [2.05, 4.69) is 9.71 Å². The molecule has 2 N–H and O–H groups in total. The Kier molecular flexibility index (Phi) is 4.14. The molecule has 2 aromatic rings. The number of carboxylic acids is 1. The number of thiophene rings is 1. The number of sulfonamides is 1. The van der Waals surface area contributed by atoms with Gasteiger partial charge in [-0.25, -0.2) is 18.2 Å². The number of aryl methyl sites for hydroxylation is 1. The molecule has 0 saturated carbocycles. The molecule has 7 nitrogen and oxygen atoms in total. The van der Waals surface area contributed by atoms with Gasteiger partial charge in [-0.2, -0.15) is 0 Å². The van der Waals surface area contributed by atoms with Crippen LogP contribution < -0.4 is 9.46 Å². The minimum atomic E-state index is -4.00. The molecule has 0 aliphatic heterocycles. The molecular formula is C12H12N2O5S2. The first-order valence-electron chi connectivity index (χ1n) is 5.69. The van der Waals surface area contributed by atoms with Crippen LogP contribution in [-0.2, 0) is 10.0 Å². The summed E-state index contributed by atoms with van der Waals surface area (Å²) in [6.45, 7) is 1.55. The van der Waals surface area contributed by atoms with Crippen LogP contribution in [0.25, 0.3) is 0 Å². The van der Waals surface area contributed by atoms with Gasteiger partial charge in [-0.05, 0) is 23.9 Å². The number of ether oxygens (including phenoxy) is 1. The van der Waals surface area contributed by atoms with Crippen LogP contribution in [-0.4, -0.2) is 31.6 Å². The monoisotopic (exact) mass is 328 g/mol. The zero-order valence-corrected chi connectivity index (χ0v) is 12.8. The SMILES string of the molecule is COc1ccc(NS(=O)(=O)c2c(C)csc2C(=O)O)cn1. The highest BCUT2D eigenvalue weighted by molar-refractivity contribution is 7.93. The fraction of sp³-hybridized carbons (Fsp3) is 0.167. The van der Waals surface area contributed by atoms with Crippen LogP contribution in [0.1, 0.15) is 15.2 Å². The van der Waals surface area contributed by atoms with Crippen LogP contribution in [0.3, 0.4) is 0 Å². The molecule has 0 aliphatic carbocycles. The fourth-order valence-corrected chi connectivity index (χ4v) is 4.36. The van der Waals surface area contributed by atoms with Gasteiger partial charge in [0.25, 0.3) is 10.0 Å². The Morgan fingerprint density at radius 2 is 2.14 bits per heavy atom. The van der Waals surface area contributed by atoms with E-state index in [9.17, 15) is 13.2 Å². The summed E-state index contributed by atoms with van der Waals surface area (Å²) in [4.78, 5) is 14.5. The Hall–Kier alpha value is -2.13. The van der Waals surface area contributed by atoms with Crippen molar-refractivity contribution in [2.24, 2.45) is 0 Å². The van der Waals surface area contributed by atoms with Gasteiger partial charge >= 0.3 is 5.97 Å². The van der Waals surface area contributed by atoms with E-state index in [1.165, 1.54) is 30.8 Å². The first kappa shape index (κ1) is 15.3. The van der Waals surface area contributed by atoms with Gasteiger partial charge in [0.2, 0.25) is 5.88 Å². The summed E-state index contributed by atoms with van der Waals surface area (Å²) in [7, 11) is -2.55. The van der Waals surface area contributed by atoms with Gasteiger partial charge < -0.3 is 9.84 Å². The van der Waals surface area contributed by atoms with Crippen LogP contribution >= 0.6 is 11.3 Å². The number of hydrogen-bond acceptors (Lipinski definition) is 6. The second kappa shape index (κ2) is 5.70. The van der Waals surface area contributed by atoms with Crippen LogP contribution in [0.5, 0.6) is 5.88 Å². The fourth-order valence-electron chi connectivity index (χ4n) is 1.68. The smallest absolute Gasteiger partial charge is 0.347 e. The molecule has 0 spiro atoms. The predicted molar refractivity (Wildman–Crippen MR) is 77.6 cm³/mol. The zero-order chi connectivity index (χ0) is 15.6. The molecule has 2 aromatic heterocycles. The number of hydrogen-bond donors (Lipinski definition) is 2. The minimum absolute atomic E-state index is 0.220. The molecule has 2 heterocycles. The van der Waals surface area contributed by atoms with E-state index in [4.69, 9.17) is 9.84 Å². The normalized spacial score (nSPS) is 11.1. The van der Waals surface area contributed by atoms with Crippen molar-refractivity contribution in [1.82, 2.24) is 4.98 Å². The number of aromatic nitrogens is 1. The molecule has 21 heavy (non-hydrogen) atoms. The Labute approximate surface area is 125 Å². The number of nitrogens with zero attached hydrogens (tertiary/aromatic N) is 1. The van der Waals surface area contributed by atoms with Crippen molar-refractivity contribution in [2.75, 3.05) is 11.8 Å². The summed E-state index contributed by atoms with van der Waals surface area (Å²) in [5, 5.41) is 10.6. The number of aromatic carboxylic acids is 1. The third-order valence-corrected chi connectivity index (χ3v) is 5.36. The summed E-state index contributed by atoms with van der Waals surface area (Å²) in [5.74, 6) is -0.933. The summed E-state index contributed by atoms with van der Waals surface area (Å²) < 4.78 is 31.9. The first-order valence-corrected chi connectivity index (χ1v) is 8.05. The molecule has 0 aromatic carbocycles. The van der Waals surface area contributed by atoms with E-state index in [1.54, 1.807) is 6.92 Å². The highest BCUT2D eigenvalue weighted by Crippen LogP contribution is 2.28. The Morgan fingerprint density at radius 1 is 1.43 bits per heavy atom. The maximum atomic E-state index is 12.3. The van der Waals surface area contributed by atoms with Crippen molar-refractivity contribution < 1.29 is 23.1 Å². The lowest BCUT2D eigenvalue weighted by atomic mass is 10.3. The van der Waals surface area contributed by atoms with Crippen molar-refractivity contribution in [1.29, 1.82) is 0 Å². The molecule has 0 radical (unpaired) electrons. The highest BCUT2D eigenvalue weighted by atomic mass is 32.2. The molecule has 0 atom stereocenters. The maximum absolute atomic E-state index is 12.3. The molecule has 0 saturated heterocycles. The largest absolute Gasteiger partial charge is 0.481 e. The van der Waals surface area contributed by atoms with E-state index in [-0.39, 0.29) is 15.5 Å². The maximum Gasteiger partial charge on any atom is 0.347 e. The zero-order valence-electron chi connectivity index (χ0n) is 11.2. The Bertz CT molecular complexity index is 765. The topological polar surface area (TPSA) is 106 Å². The third-order valence-electron chi connectivity index (χ3n) is 2.58. The number of carboxylic acid groups (broad SMARTS) is 1. The molecule has 0 amide bonds. The first-order chi connectivity index (χ1) is 9.85. The van der Waals surface area contributed by atoms with E-state index in [0.717, 1.165) is 11.3 Å². The summed E-state index contributed by atoms with van der Waals surface area (Å²) >= 11 is 0.873. The molecule has 112 valence electrons. The highest BCUT2D eigenvalue weighted by Gasteiger charge is 2.26. The summed E-state index contributed by atoms with van der Waals surface area (Å²) in [6.07, 6.45) is 1.29. The summed E-state index contributed by atoms with van der Waals surface area (Å²) in [6, 6.07) is 2.97. The van der Waals surface area contributed by atoms with E-state index in [0.29, 0.717) is 11.4 Å². The molecule has 0 fully saturated rings. The van der Waals surface area contributed by atoms with Gasteiger partial charge in [-0.15, -0.1) is 11.3 Å². The standard InChI is InChI=1S/C12H12N2O5S2/c1-7-6-20-10(12(15)16)11(7)21(17,18)14-8-3-4-9(19-2)13-5-8/h3-6,14H,1-2H3,(H,15,16). The lowest BCUT2D eigenvalue weighted by Crippen LogP contribution is -2.16. The molecule has 9 heteroatoms. The van der Waals surface area contributed by atoms with Crippen molar-refractivity contribution in [3.63, 3.8) is 0 Å². The van der Waals surface area contributed by atoms with Gasteiger partial charge in [0.15, 0.2) is 0 Å². The van der Waals surface area contributed by atoms with Crippen molar-refractivity contribution >= 4 is 33.0 Å². The Morgan fingerprint density at radius 3 is 2.67 bits per heavy atom. The van der Waals surface area contributed by atoms with E-state index in [1.807, 2.05) is 0 Å². The van der Waals surface area contributed by atoms with E-state index >= 15 is 0 Å². The molecule has 0 aliphatic rings. The molecule has 2 rings (SSSR count). The van der Waals surface area contributed by atoms with Crippen LogP contribution in [0.4, 0.5) is 5.69 Å².